The molecule has 44 heavy (non-hydrogen) atoms. The van der Waals surface area contributed by atoms with Gasteiger partial charge in [0, 0.05) is 12.1 Å². The third kappa shape index (κ3) is 10.7. The third-order valence-corrected chi connectivity index (χ3v) is 6.82. The molecule has 11 nitrogen and oxygen atoms in total. The summed E-state index contributed by atoms with van der Waals surface area (Å²) < 4.78 is 17.7. The number of ether oxygens (including phenoxy) is 3. The highest BCUT2D eigenvalue weighted by molar-refractivity contribution is 5.88. The molecule has 244 valence electrons. The molecule has 1 aromatic carbocycles. The zero-order chi connectivity index (χ0) is 33.6. The maximum absolute atomic E-state index is 13.3. The van der Waals surface area contributed by atoms with Crippen molar-refractivity contribution in [3.63, 3.8) is 0 Å². The van der Waals surface area contributed by atoms with E-state index in [1.54, 1.807) is 47.7 Å². The average molecular weight is 615 g/mol. The van der Waals surface area contributed by atoms with Crippen LogP contribution in [0, 0.1) is 18.8 Å². The summed E-state index contributed by atoms with van der Waals surface area (Å²) in [6.45, 7) is 21.8. The molecule has 0 bridgehead atoms. The van der Waals surface area contributed by atoms with Gasteiger partial charge in [-0.15, -0.1) is 0 Å². The normalized spacial score (nSPS) is 14.0. The van der Waals surface area contributed by atoms with Crippen LogP contribution >= 0.6 is 0 Å². The molecule has 0 aliphatic carbocycles. The summed E-state index contributed by atoms with van der Waals surface area (Å²) in [6, 6.07) is 4.05. The van der Waals surface area contributed by atoms with Crippen LogP contribution in [-0.2, 0) is 25.6 Å². The Balaban J connectivity index is 2.17. The largest absolute Gasteiger partial charge is 0.459 e. The first-order chi connectivity index (χ1) is 20.2. The van der Waals surface area contributed by atoms with E-state index in [-0.39, 0.29) is 30.3 Å². The lowest BCUT2D eigenvalue weighted by Crippen LogP contribution is -2.48. The summed E-state index contributed by atoms with van der Waals surface area (Å²) in [6.07, 6.45) is 1.77. The Morgan fingerprint density at radius 2 is 1.36 bits per heavy atom. The Bertz CT molecular complexity index is 1320. The number of hydrogen-bond acceptors (Lipinski definition) is 8. The number of carbonyl (C=O) groups is 4. The van der Waals surface area contributed by atoms with Crippen LogP contribution in [0.5, 0.6) is 0 Å². The van der Waals surface area contributed by atoms with Crippen molar-refractivity contribution in [2.24, 2.45) is 11.8 Å². The van der Waals surface area contributed by atoms with Gasteiger partial charge in [-0.05, 0) is 77.0 Å². The first-order valence-corrected chi connectivity index (χ1v) is 15.0. The molecule has 2 N–H and O–H groups in total. The predicted molar refractivity (Wildman–Crippen MR) is 167 cm³/mol. The van der Waals surface area contributed by atoms with E-state index in [2.05, 4.69) is 15.6 Å². The molecule has 0 aliphatic heterocycles. The molecule has 0 spiro atoms. The number of alkyl carbamates (subject to hydrolysis) is 2. The van der Waals surface area contributed by atoms with Crippen LogP contribution < -0.4 is 10.6 Å². The highest BCUT2D eigenvalue weighted by Gasteiger charge is 2.30. The topological polar surface area (TPSA) is 138 Å². The molecule has 2 rings (SSSR count). The van der Waals surface area contributed by atoms with Crippen molar-refractivity contribution in [2.45, 2.75) is 119 Å². The fourth-order valence-electron chi connectivity index (χ4n) is 4.45. The zero-order valence-electron chi connectivity index (χ0n) is 28.2. The number of nitrogens with zero attached hydrogens (tertiary/aromatic N) is 2. The first kappa shape index (κ1) is 36.3. The van der Waals surface area contributed by atoms with Gasteiger partial charge in [0.25, 0.3) is 5.91 Å². The second-order valence-corrected chi connectivity index (χ2v) is 13.7. The van der Waals surface area contributed by atoms with Gasteiger partial charge in [0.15, 0.2) is 0 Å². The number of imidazole rings is 1. The molecular formula is C33H50N4O7. The van der Waals surface area contributed by atoms with E-state index in [4.69, 9.17) is 14.2 Å². The summed E-state index contributed by atoms with van der Waals surface area (Å²) in [7, 11) is 0. The summed E-state index contributed by atoms with van der Waals surface area (Å²) in [5, 5.41) is 5.30. The average Bonchev–Trinajstić information content (AvgIpc) is 3.37. The lowest BCUT2D eigenvalue weighted by atomic mass is 9.91. The maximum Gasteiger partial charge on any atom is 0.408 e. The second-order valence-electron chi connectivity index (χ2n) is 13.7. The minimum absolute atomic E-state index is 0.0176. The van der Waals surface area contributed by atoms with Crippen LogP contribution in [0.3, 0.4) is 0 Å². The highest BCUT2D eigenvalue weighted by atomic mass is 16.6. The van der Waals surface area contributed by atoms with Crippen molar-refractivity contribution >= 4 is 24.1 Å². The molecule has 2 aromatic rings. The summed E-state index contributed by atoms with van der Waals surface area (Å²) >= 11 is 0. The molecule has 0 radical (unpaired) electrons. The monoisotopic (exact) mass is 614 g/mol. The van der Waals surface area contributed by atoms with E-state index >= 15 is 0 Å². The Morgan fingerprint density at radius 1 is 0.841 bits per heavy atom. The van der Waals surface area contributed by atoms with Crippen LogP contribution in [0.1, 0.15) is 109 Å². The van der Waals surface area contributed by atoms with Crippen LogP contribution in [0.4, 0.5) is 9.59 Å². The van der Waals surface area contributed by atoms with E-state index in [1.165, 1.54) is 10.9 Å². The number of aromatic nitrogens is 2. The Labute approximate surface area is 261 Å². The van der Waals surface area contributed by atoms with Crippen molar-refractivity contribution < 1.29 is 33.4 Å². The van der Waals surface area contributed by atoms with Gasteiger partial charge in [0.05, 0.1) is 5.69 Å². The van der Waals surface area contributed by atoms with E-state index in [1.807, 2.05) is 59.7 Å². The molecule has 2 amide bonds. The molecule has 0 aliphatic rings. The molecule has 0 saturated carbocycles. The van der Waals surface area contributed by atoms with Gasteiger partial charge >= 0.3 is 18.2 Å². The molecule has 0 fully saturated rings. The van der Waals surface area contributed by atoms with Crippen LogP contribution in [0.25, 0.3) is 0 Å². The number of hydrogen-bond donors (Lipinski definition) is 2. The zero-order valence-corrected chi connectivity index (χ0v) is 28.2. The number of benzene rings is 1. The maximum atomic E-state index is 13.3. The van der Waals surface area contributed by atoms with Crippen molar-refractivity contribution in [1.82, 2.24) is 20.2 Å². The van der Waals surface area contributed by atoms with Gasteiger partial charge in [-0.2, -0.15) is 0 Å². The predicted octanol–water partition coefficient (Wildman–Crippen LogP) is 6.13. The SMILES string of the molecule is Cc1c(COC(=O)C(NC(=O)OC(C)(C)C)C(C)C)cccc1C(C)c1cn(C(=O)[C@@H](NC(=O)OC(C)(C)C)C(C)C)cn1. The van der Waals surface area contributed by atoms with Crippen molar-refractivity contribution in [3.05, 3.63) is 53.1 Å². The molecule has 1 aromatic heterocycles. The van der Waals surface area contributed by atoms with Gasteiger partial charge in [-0.25, -0.2) is 19.4 Å². The number of nitrogens with one attached hydrogen (secondary N) is 2. The molecule has 2 unspecified atom stereocenters. The number of rotatable bonds is 10. The lowest BCUT2D eigenvalue weighted by molar-refractivity contribution is -0.148. The van der Waals surface area contributed by atoms with E-state index in [9.17, 15) is 19.2 Å². The summed E-state index contributed by atoms with van der Waals surface area (Å²) in [4.78, 5) is 55.4. The van der Waals surface area contributed by atoms with E-state index < -0.39 is 41.4 Å². The molecule has 0 saturated heterocycles. The van der Waals surface area contributed by atoms with Gasteiger partial charge < -0.3 is 24.8 Å². The molecule has 1 heterocycles. The Morgan fingerprint density at radius 3 is 1.86 bits per heavy atom. The van der Waals surface area contributed by atoms with Crippen LogP contribution in [-0.4, -0.2) is 56.9 Å². The fourth-order valence-corrected chi connectivity index (χ4v) is 4.45. The highest BCUT2D eigenvalue weighted by Crippen LogP contribution is 2.28. The summed E-state index contributed by atoms with van der Waals surface area (Å²) in [5.41, 5.74) is 1.96. The summed E-state index contributed by atoms with van der Waals surface area (Å²) in [5.74, 6) is -1.47. The Hall–Kier alpha value is -3.89. The fraction of sp³-hybridized carbons (Fsp3) is 0.606. The van der Waals surface area contributed by atoms with E-state index in [0.29, 0.717) is 5.69 Å². The Kier molecular flexibility index (Phi) is 12.1. The third-order valence-electron chi connectivity index (χ3n) is 6.82. The number of carbonyl (C=O) groups excluding carboxylic acids is 4. The smallest absolute Gasteiger partial charge is 0.408 e. The van der Waals surface area contributed by atoms with Gasteiger partial charge in [-0.1, -0.05) is 52.8 Å². The number of amides is 2. The first-order valence-electron chi connectivity index (χ1n) is 15.0. The number of esters is 1. The van der Waals surface area contributed by atoms with Gasteiger partial charge in [0.2, 0.25) is 0 Å². The minimum Gasteiger partial charge on any atom is -0.459 e. The van der Waals surface area contributed by atoms with Crippen molar-refractivity contribution in [3.8, 4) is 0 Å². The standard InChI is InChI=1S/C33H50N4O7/c1-19(2)26(35-30(40)43-32(7,8)9)28(38)37-16-25(34-18-37)22(6)24-15-13-14-23(21(24)5)17-42-29(39)27(20(3)4)36-31(41)44-33(10,11)12/h13-16,18-20,22,26-27H,17H2,1-12H3,(H,35,40)(H,36,41)/t22?,26-,27?/m0/s1. The van der Waals surface area contributed by atoms with Gasteiger partial charge in [-0.3, -0.25) is 9.36 Å². The van der Waals surface area contributed by atoms with Crippen molar-refractivity contribution in [1.29, 1.82) is 0 Å². The molecule has 11 heteroatoms. The lowest BCUT2D eigenvalue weighted by Gasteiger charge is -2.25. The molecule has 3 atom stereocenters. The molecular weight excluding hydrogens is 564 g/mol. The van der Waals surface area contributed by atoms with Crippen LogP contribution in [0.15, 0.2) is 30.7 Å². The van der Waals surface area contributed by atoms with Crippen molar-refractivity contribution in [2.75, 3.05) is 0 Å². The van der Waals surface area contributed by atoms with E-state index in [0.717, 1.165) is 16.7 Å². The van der Waals surface area contributed by atoms with Gasteiger partial charge in [0.1, 0.15) is 36.2 Å². The minimum atomic E-state index is -0.867. The van der Waals surface area contributed by atoms with Crippen LogP contribution in [0.2, 0.25) is 0 Å². The quantitative estimate of drug-likeness (QED) is 0.241. The second kappa shape index (κ2) is 14.7.